The number of aliphatic hydroxyl groups is 1. The number of alkyl carbamates (subject to hydrolysis) is 1. The quantitative estimate of drug-likeness (QED) is 0.761. The van der Waals surface area contributed by atoms with Crippen molar-refractivity contribution in [3.8, 4) is 0 Å². The standard InChI is InChI=1S/C16H15ClO2.C4H9NO3/c1-11-6-7-13(16(18)19-2)10-14(11)8-12-4-3-5-15(17)9-12;1-8-4(7)5-2-3-6/h3-7,9-10H,8H2,1-2H3;6H,2-3H2,1H3,(H,5,7). The van der Waals surface area contributed by atoms with E-state index < -0.39 is 6.09 Å². The van der Waals surface area contributed by atoms with Crippen molar-refractivity contribution in [2.45, 2.75) is 13.3 Å². The van der Waals surface area contributed by atoms with Gasteiger partial charge in [-0.25, -0.2) is 9.59 Å². The molecule has 0 aromatic heterocycles. The molecule has 6 nitrogen and oxygen atoms in total. The maximum Gasteiger partial charge on any atom is 0.406 e. The molecule has 0 atom stereocenters. The van der Waals surface area contributed by atoms with Gasteiger partial charge in [0.25, 0.3) is 0 Å². The molecule has 0 fully saturated rings. The molecule has 27 heavy (non-hydrogen) atoms. The molecule has 2 aromatic rings. The van der Waals surface area contributed by atoms with Crippen molar-refractivity contribution >= 4 is 23.7 Å². The van der Waals surface area contributed by atoms with Crippen LogP contribution in [0.3, 0.4) is 0 Å². The summed E-state index contributed by atoms with van der Waals surface area (Å²) >= 11 is 5.98. The molecular formula is C20H24ClNO5. The number of rotatable bonds is 5. The number of nitrogens with one attached hydrogen (secondary N) is 1. The molecular weight excluding hydrogens is 370 g/mol. The normalized spacial score (nSPS) is 9.67. The van der Waals surface area contributed by atoms with E-state index in [0.717, 1.165) is 28.1 Å². The van der Waals surface area contributed by atoms with E-state index in [1.807, 2.05) is 43.3 Å². The minimum atomic E-state index is -0.515. The Bertz CT molecular complexity index is 764. The first kappa shape index (κ1) is 22.5. The van der Waals surface area contributed by atoms with Gasteiger partial charge >= 0.3 is 12.1 Å². The minimum Gasteiger partial charge on any atom is -0.465 e. The second-order valence-corrected chi connectivity index (χ2v) is 6.02. The van der Waals surface area contributed by atoms with Gasteiger partial charge in [0, 0.05) is 11.6 Å². The number of aryl methyl sites for hydroxylation is 1. The van der Waals surface area contributed by atoms with Gasteiger partial charge in [-0.2, -0.15) is 0 Å². The summed E-state index contributed by atoms with van der Waals surface area (Å²) in [4.78, 5) is 21.7. The Hall–Kier alpha value is -2.57. The molecule has 7 heteroatoms. The molecule has 0 spiro atoms. The fourth-order valence-corrected chi connectivity index (χ4v) is 2.42. The van der Waals surface area contributed by atoms with Crippen LogP contribution in [0.1, 0.15) is 27.0 Å². The molecule has 0 bridgehead atoms. The predicted molar refractivity (Wildman–Crippen MR) is 104 cm³/mol. The van der Waals surface area contributed by atoms with Gasteiger partial charge in [0.1, 0.15) is 0 Å². The number of methoxy groups -OCH3 is 2. The van der Waals surface area contributed by atoms with Crippen LogP contribution in [-0.2, 0) is 15.9 Å². The minimum absolute atomic E-state index is 0.0604. The van der Waals surface area contributed by atoms with E-state index in [2.05, 4.69) is 10.1 Å². The maximum atomic E-state index is 11.5. The summed E-state index contributed by atoms with van der Waals surface area (Å²) in [5.74, 6) is -0.313. The third kappa shape index (κ3) is 8.11. The van der Waals surface area contributed by atoms with Crippen LogP contribution in [0.4, 0.5) is 4.79 Å². The zero-order valence-corrected chi connectivity index (χ0v) is 16.4. The number of benzene rings is 2. The third-order valence-corrected chi connectivity index (χ3v) is 3.86. The molecule has 2 aromatic carbocycles. The molecule has 0 aliphatic rings. The van der Waals surface area contributed by atoms with E-state index in [9.17, 15) is 9.59 Å². The van der Waals surface area contributed by atoms with Gasteiger partial charge in [0.2, 0.25) is 0 Å². The molecule has 0 saturated heterocycles. The van der Waals surface area contributed by atoms with Gasteiger partial charge in [0.05, 0.1) is 26.4 Å². The fraction of sp³-hybridized carbons (Fsp3) is 0.300. The molecule has 0 aliphatic heterocycles. The Morgan fingerprint density at radius 2 is 1.85 bits per heavy atom. The van der Waals surface area contributed by atoms with Gasteiger partial charge in [0.15, 0.2) is 0 Å². The third-order valence-electron chi connectivity index (χ3n) is 3.62. The molecule has 2 rings (SSSR count). The topological polar surface area (TPSA) is 84.9 Å². The van der Waals surface area contributed by atoms with Gasteiger partial charge in [-0.1, -0.05) is 29.8 Å². The summed E-state index contributed by atoms with van der Waals surface area (Å²) in [5.41, 5.74) is 3.94. The van der Waals surface area contributed by atoms with Crippen molar-refractivity contribution in [3.05, 3.63) is 69.7 Å². The smallest absolute Gasteiger partial charge is 0.406 e. The monoisotopic (exact) mass is 393 g/mol. The van der Waals surface area contributed by atoms with Crippen molar-refractivity contribution in [1.29, 1.82) is 0 Å². The number of hydrogen-bond acceptors (Lipinski definition) is 5. The number of hydrogen-bond donors (Lipinski definition) is 2. The predicted octanol–water partition coefficient (Wildman–Crippen LogP) is 3.36. The highest BCUT2D eigenvalue weighted by Crippen LogP contribution is 2.19. The van der Waals surface area contributed by atoms with E-state index in [1.54, 1.807) is 6.07 Å². The van der Waals surface area contributed by atoms with Crippen molar-refractivity contribution in [2.24, 2.45) is 0 Å². The Balaban J connectivity index is 0.000000387. The number of ether oxygens (including phenoxy) is 2. The van der Waals surface area contributed by atoms with E-state index in [-0.39, 0.29) is 19.1 Å². The van der Waals surface area contributed by atoms with Crippen LogP contribution in [0.2, 0.25) is 5.02 Å². The first-order valence-corrected chi connectivity index (χ1v) is 8.64. The molecule has 0 saturated carbocycles. The average molecular weight is 394 g/mol. The van der Waals surface area contributed by atoms with Crippen LogP contribution < -0.4 is 5.32 Å². The number of carbonyl (C=O) groups is 2. The number of carbonyl (C=O) groups excluding carboxylic acids is 2. The van der Waals surface area contributed by atoms with Gasteiger partial charge in [-0.3, -0.25) is 0 Å². The van der Waals surface area contributed by atoms with Gasteiger partial charge in [-0.05, 0) is 54.3 Å². The van der Waals surface area contributed by atoms with E-state index in [4.69, 9.17) is 21.4 Å². The van der Waals surface area contributed by atoms with Crippen LogP contribution in [0, 0.1) is 6.92 Å². The van der Waals surface area contributed by atoms with Crippen LogP contribution in [-0.4, -0.2) is 44.5 Å². The van der Waals surface area contributed by atoms with Crippen molar-refractivity contribution in [2.75, 3.05) is 27.4 Å². The zero-order chi connectivity index (χ0) is 20.2. The molecule has 2 N–H and O–H groups in total. The lowest BCUT2D eigenvalue weighted by Crippen LogP contribution is -2.25. The molecule has 0 unspecified atom stereocenters. The Kier molecular flexibility index (Phi) is 9.93. The highest BCUT2D eigenvalue weighted by Gasteiger charge is 2.08. The van der Waals surface area contributed by atoms with Gasteiger partial charge < -0.3 is 19.9 Å². The average Bonchev–Trinajstić information content (AvgIpc) is 2.67. The Labute approximate surface area is 164 Å². The summed E-state index contributed by atoms with van der Waals surface area (Å²) in [7, 11) is 2.66. The lowest BCUT2D eigenvalue weighted by molar-refractivity contribution is 0.0600. The summed E-state index contributed by atoms with van der Waals surface area (Å²) in [5, 5.41) is 11.1. The number of esters is 1. The maximum absolute atomic E-state index is 11.5. The van der Waals surface area contributed by atoms with Crippen molar-refractivity contribution in [1.82, 2.24) is 5.32 Å². The SMILES string of the molecule is COC(=O)NCCO.COC(=O)c1ccc(C)c(Cc2cccc(Cl)c2)c1. The lowest BCUT2D eigenvalue weighted by atomic mass is 9.98. The number of amides is 1. The first-order chi connectivity index (χ1) is 12.9. The highest BCUT2D eigenvalue weighted by molar-refractivity contribution is 6.30. The van der Waals surface area contributed by atoms with Gasteiger partial charge in [-0.15, -0.1) is 0 Å². The number of halogens is 1. The Morgan fingerprint density at radius 1 is 1.11 bits per heavy atom. The van der Waals surface area contributed by atoms with Crippen LogP contribution in [0.15, 0.2) is 42.5 Å². The van der Waals surface area contributed by atoms with E-state index in [1.165, 1.54) is 14.2 Å². The molecule has 146 valence electrons. The lowest BCUT2D eigenvalue weighted by Gasteiger charge is -2.08. The largest absolute Gasteiger partial charge is 0.465 e. The molecule has 1 amide bonds. The van der Waals surface area contributed by atoms with Crippen LogP contribution in [0.25, 0.3) is 0 Å². The summed E-state index contributed by atoms with van der Waals surface area (Å²) in [6.07, 6.45) is 0.232. The second kappa shape index (κ2) is 11.9. The first-order valence-electron chi connectivity index (χ1n) is 8.26. The number of aliphatic hydroxyl groups excluding tert-OH is 1. The fourth-order valence-electron chi connectivity index (χ4n) is 2.20. The Morgan fingerprint density at radius 3 is 2.44 bits per heavy atom. The van der Waals surface area contributed by atoms with Crippen molar-refractivity contribution < 1.29 is 24.2 Å². The highest BCUT2D eigenvalue weighted by atomic mass is 35.5. The van der Waals surface area contributed by atoms with E-state index >= 15 is 0 Å². The molecule has 0 radical (unpaired) electrons. The summed E-state index contributed by atoms with van der Waals surface area (Å²) in [6, 6.07) is 13.3. The summed E-state index contributed by atoms with van der Waals surface area (Å²) < 4.78 is 8.93. The van der Waals surface area contributed by atoms with E-state index in [0.29, 0.717) is 5.56 Å². The molecule has 0 aliphatic carbocycles. The molecule has 0 heterocycles. The van der Waals surface area contributed by atoms with Crippen LogP contribution >= 0.6 is 11.6 Å². The zero-order valence-electron chi connectivity index (χ0n) is 15.6. The van der Waals surface area contributed by atoms with Crippen molar-refractivity contribution in [3.63, 3.8) is 0 Å². The van der Waals surface area contributed by atoms with Crippen LogP contribution in [0.5, 0.6) is 0 Å². The summed E-state index contributed by atoms with van der Waals surface area (Å²) in [6.45, 7) is 2.21. The second-order valence-electron chi connectivity index (χ2n) is 5.58.